The lowest BCUT2D eigenvalue weighted by atomic mass is 10.1. The van der Waals surface area contributed by atoms with Crippen molar-refractivity contribution in [3.8, 4) is 0 Å². The van der Waals surface area contributed by atoms with Crippen molar-refractivity contribution in [2.45, 2.75) is 13.0 Å². The van der Waals surface area contributed by atoms with Gasteiger partial charge in [0.1, 0.15) is 0 Å². The minimum absolute atomic E-state index is 0.239. The Hall–Kier alpha value is -1.23. The molecule has 0 saturated heterocycles. The Balaban J connectivity index is 2.01. The third-order valence-electron chi connectivity index (χ3n) is 3.00. The van der Waals surface area contributed by atoms with E-state index < -0.39 is 0 Å². The zero-order valence-electron chi connectivity index (χ0n) is 10.3. The fraction of sp³-hybridized carbons (Fsp3) is 0.214. The summed E-state index contributed by atoms with van der Waals surface area (Å²) in [6, 6.07) is 8.93. The number of rotatable bonds is 3. The van der Waals surface area contributed by atoms with Gasteiger partial charge in [0.2, 0.25) is 0 Å². The zero-order valence-corrected chi connectivity index (χ0v) is 11.9. The number of hydrogen-bond acceptors (Lipinski definition) is 4. The number of aryl methyl sites for hydroxylation is 1. The molecule has 3 rings (SSSR count). The first-order valence-corrected chi connectivity index (χ1v) is 7.54. The summed E-state index contributed by atoms with van der Waals surface area (Å²) in [5.41, 5.74) is 2.28. The molecule has 4 heteroatoms. The van der Waals surface area contributed by atoms with Gasteiger partial charge in [0, 0.05) is 26.2 Å². The topological polar surface area (TPSA) is 24.9 Å². The Kier molecular flexibility index (Phi) is 3.16. The minimum atomic E-state index is 0.239. The minimum Gasteiger partial charge on any atom is -0.309 e. The molecule has 0 aliphatic rings. The normalized spacial score (nSPS) is 13.0. The van der Waals surface area contributed by atoms with Crippen molar-refractivity contribution in [3.63, 3.8) is 0 Å². The van der Waals surface area contributed by atoms with E-state index in [1.807, 2.05) is 31.5 Å². The molecule has 92 valence electrons. The smallest absolute Gasteiger partial charge is 0.0684 e. The second-order valence-corrected chi connectivity index (χ2v) is 6.32. The number of aromatic nitrogens is 1. The lowest BCUT2D eigenvalue weighted by Gasteiger charge is -2.14. The number of pyridine rings is 1. The standard InChI is InChI=1S/C14H14N2S2/c1-9-3-4-10(8-16-9)14(15-2)13-7-12-11(18-13)5-6-17-12/h3-8,14-15H,1-2H3. The van der Waals surface area contributed by atoms with Gasteiger partial charge in [-0.15, -0.1) is 22.7 Å². The second-order valence-electron chi connectivity index (χ2n) is 4.25. The Morgan fingerprint density at radius 3 is 2.78 bits per heavy atom. The summed E-state index contributed by atoms with van der Waals surface area (Å²) in [7, 11) is 2.00. The number of thiophene rings is 2. The van der Waals surface area contributed by atoms with E-state index in [0.717, 1.165) is 5.69 Å². The van der Waals surface area contributed by atoms with Gasteiger partial charge in [-0.1, -0.05) is 6.07 Å². The molecule has 3 heterocycles. The van der Waals surface area contributed by atoms with Crippen molar-refractivity contribution in [3.05, 3.63) is 52.0 Å². The molecule has 0 fully saturated rings. The summed E-state index contributed by atoms with van der Waals surface area (Å²) < 4.78 is 2.74. The highest BCUT2D eigenvalue weighted by Gasteiger charge is 2.15. The first kappa shape index (κ1) is 11.8. The number of nitrogens with zero attached hydrogens (tertiary/aromatic N) is 1. The number of fused-ring (bicyclic) bond motifs is 1. The lowest BCUT2D eigenvalue weighted by Crippen LogP contribution is -2.16. The SMILES string of the molecule is CNC(c1ccc(C)nc1)c1cc2sccc2s1. The molecule has 0 radical (unpaired) electrons. The van der Waals surface area contributed by atoms with Gasteiger partial charge in [-0.2, -0.15) is 0 Å². The maximum absolute atomic E-state index is 4.38. The first-order valence-electron chi connectivity index (χ1n) is 5.84. The van der Waals surface area contributed by atoms with Crippen LogP contribution in [0.4, 0.5) is 0 Å². The van der Waals surface area contributed by atoms with Crippen LogP contribution in [0, 0.1) is 6.92 Å². The van der Waals surface area contributed by atoms with E-state index in [9.17, 15) is 0 Å². The van der Waals surface area contributed by atoms with Crippen LogP contribution in [0.3, 0.4) is 0 Å². The average Bonchev–Trinajstić information content (AvgIpc) is 2.93. The van der Waals surface area contributed by atoms with E-state index in [1.165, 1.54) is 19.8 Å². The van der Waals surface area contributed by atoms with Gasteiger partial charge in [-0.3, -0.25) is 4.98 Å². The van der Waals surface area contributed by atoms with Crippen LogP contribution in [0.2, 0.25) is 0 Å². The fourth-order valence-corrected chi connectivity index (χ4v) is 4.31. The quantitative estimate of drug-likeness (QED) is 0.781. The highest BCUT2D eigenvalue weighted by molar-refractivity contribution is 7.27. The van der Waals surface area contributed by atoms with Crippen molar-refractivity contribution in [1.82, 2.24) is 10.3 Å². The summed E-state index contributed by atoms with van der Waals surface area (Å²) in [6.45, 7) is 2.01. The van der Waals surface area contributed by atoms with Crippen LogP contribution in [-0.4, -0.2) is 12.0 Å². The van der Waals surface area contributed by atoms with E-state index in [4.69, 9.17) is 0 Å². The molecule has 0 saturated carbocycles. The molecule has 1 N–H and O–H groups in total. The molecule has 0 amide bonds. The van der Waals surface area contributed by atoms with Crippen molar-refractivity contribution in [1.29, 1.82) is 0 Å². The molecule has 0 aliphatic heterocycles. The molecule has 3 aromatic heterocycles. The van der Waals surface area contributed by atoms with E-state index in [1.54, 1.807) is 11.3 Å². The summed E-state index contributed by atoms with van der Waals surface area (Å²) in [6.07, 6.45) is 1.96. The summed E-state index contributed by atoms with van der Waals surface area (Å²) in [5.74, 6) is 0. The van der Waals surface area contributed by atoms with Gasteiger partial charge in [0.25, 0.3) is 0 Å². The monoisotopic (exact) mass is 274 g/mol. The van der Waals surface area contributed by atoms with Crippen LogP contribution < -0.4 is 5.32 Å². The Morgan fingerprint density at radius 1 is 1.22 bits per heavy atom. The molecule has 0 bridgehead atoms. The fourth-order valence-electron chi connectivity index (χ4n) is 2.05. The van der Waals surface area contributed by atoms with Crippen LogP contribution in [-0.2, 0) is 0 Å². The Bertz CT molecular complexity index is 623. The predicted molar refractivity (Wildman–Crippen MR) is 79.6 cm³/mol. The van der Waals surface area contributed by atoms with Crippen LogP contribution >= 0.6 is 22.7 Å². The lowest BCUT2D eigenvalue weighted by molar-refractivity contribution is 0.700. The van der Waals surface area contributed by atoms with E-state index in [0.29, 0.717) is 0 Å². The van der Waals surface area contributed by atoms with Gasteiger partial charge in [0.05, 0.1) is 6.04 Å². The molecule has 0 spiro atoms. The van der Waals surface area contributed by atoms with Crippen LogP contribution in [0.1, 0.15) is 22.2 Å². The van der Waals surface area contributed by atoms with Crippen molar-refractivity contribution >= 4 is 32.1 Å². The van der Waals surface area contributed by atoms with Crippen molar-refractivity contribution in [2.24, 2.45) is 0 Å². The van der Waals surface area contributed by atoms with Crippen molar-refractivity contribution in [2.75, 3.05) is 7.05 Å². The second kappa shape index (κ2) is 4.80. The van der Waals surface area contributed by atoms with E-state index in [2.05, 4.69) is 39.9 Å². The molecule has 1 unspecified atom stereocenters. The summed E-state index contributed by atoms with van der Waals surface area (Å²) in [4.78, 5) is 5.73. The number of nitrogens with one attached hydrogen (secondary N) is 1. The molecular formula is C14H14N2S2. The molecule has 2 nitrogen and oxygen atoms in total. The summed E-state index contributed by atoms with van der Waals surface area (Å²) in [5, 5.41) is 5.53. The predicted octanol–water partition coefficient (Wildman–Crippen LogP) is 3.98. The number of hydrogen-bond donors (Lipinski definition) is 1. The van der Waals surface area contributed by atoms with Crippen LogP contribution in [0.15, 0.2) is 35.8 Å². The maximum atomic E-state index is 4.38. The Labute approximate surface area is 114 Å². The summed E-state index contributed by atoms with van der Waals surface area (Å²) >= 11 is 3.66. The van der Waals surface area contributed by atoms with Crippen LogP contribution in [0.5, 0.6) is 0 Å². The molecule has 3 aromatic rings. The first-order chi connectivity index (χ1) is 8.78. The van der Waals surface area contributed by atoms with E-state index >= 15 is 0 Å². The maximum Gasteiger partial charge on any atom is 0.0684 e. The highest BCUT2D eigenvalue weighted by atomic mass is 32.1. The van der Waals surface area contributed by atoms with Crippen molar-refractivity contribution < 1.29 is 0 Å². The van der Waals surface area contributed by atoms with Gasteiger partial charge >= 0.3 is 0 Å². The van der Waals surface area contributed by atoms with Gasteiger partial charge in [-0.05, 0) is 43.1 Å². The third-order valence-corrected chi connectivity index (χ3v) is 5.16. The highest BCUT2D eigenvalue weighted by Crippen LogP contribution is 2.35. The average molecular weight is 274 g/mol. The molecular weight excluding hydrogens is 260 g/mol. The van der Waals surface area contributed by atoms with E-state index in [-0.39, 0.29) is 6.04 Å². The zero-order chi connectivity index (χ0) is 12.5. The molecule has 0 aliphatic carbocycles. The molecule has 18 heavy (non-hydrogen) atoms. The molecule has 1 atom stereocenters. The molecule has 0 aromatic carbocycles. The van der Waals surface area contributed by atoms with Gasteiger partial charge < -0.3 is 5.32 Å². The van der Waals surface area contributed by atoms with Gasteiger partial charge in [-0.25, -0.2) is 0 Å². The third kappa shape index (κ3) is 2.07. The van der Waals surface area contributed by atoms with Crippen LogP contribution in [0.25, 0.3) is 9.40 Å². The van der Waals surface area contributed by atoms with Gasteiger partial charge in [0.15, 0.2) is 0 Å². The Morgan fingerprint density at radius 2 is 2.11 bits per heavy atom. The largest absolute Gasteiger partial charge is 0.309 e.